The normalized spacial score (nSPS) is 17.8. The van der Waals surface area contributed by atoms with Crippen LogP contribution in [0.2, 0.25) is 0 Å². The summed E-state index contributed by atoms with van der Waals surface area (Å²) in [6, 6.07) is 3.03. The predicted octanol–water partition coefficient (Wildman–Crippen LogP) is 1.40. The van der Waals surface area contributed by atoms with Crippen LogP contribution >= 0.6 is 0 Å². The molecule has 0 unspecified atom stereocenters. The van der Waals surface area contributed by atoms with E-state index in [9.17, 15) is 10.1 Å². The maximum atomic E-state index is 10.4. The van der Waals surface area contributed by atoms with Gasteiger partial charge in [0, 0.05) is 12.1 Å². The van der Waals surface area contributed by atoms with Gasteiger partial charge in [0.05, 0.1) is 10.6 Å². The lowest BCUT2D eigenvalue weighted by atomic mass is 10.1. The molecule has 1 atom stereocenters. The minimum absolute atomic E-state index is 0.0109. The SMILES string of the molecule is N[C@@H](c1ccc([N+](=O)[O-])cn1)C1CC1. The topological polar surface area (TPSA) is 82.0 Å². The van der Waals surface area contributed by atoms with Crippen molar-refractivity contribution in [3.63, 3.8) is 0 Å². The number of pyridine rings is 1. The van der Waals surface area contributed by atoms with Gasteiger partial charge in [-0.3, -0.25) is 15.1 Å². The van der Waals surface area contributed by atoms with Crippen molar-refractivity contribution in [3.8, 4) is 0 Å². The van der Waals surface area contributed by atoms with E-state index in [1.54, 1.807) is 6.07 Å². The predicted molar refractivity (Wildman–Crippen MR) is 50.5 cm³/mol. The van der Waals surface area contributed by atoms with Crippen LogP contribution in [0, 0.1) is 16.0 Å². The van der Waals surface area contributed by atoms with E-state index in [1.165, 1.54) is 12.3 Å². The van der Waals surface area contributed by atoms with Gasteiger partial charge in [0.2, 0.25) is 0 Å². The van der Waals surface area contributed by atoms with Crippen molar-refractivity contribution in [2.24, 2.45) is 11.7 Å². The molecular formula is C9H11N3O2. The van der Waals surface area contributed by atoms with E-state index >= 15 is 0 Å². The van der Waals surface area contributed by atoms with Crippen LogP contribution in [-0.4, -0.2) is 9.91 Å². The van der Waals surface area contributed by atoms with Crippen molar-refractivity contribution in [3.05, 3.63) is 34.1 Å². The summed E-state index contributed by atoms with van der Waals surface area (Å²) in [4.78, 5) is 13.9. The molecule has 0 spiro atoms. The standard InChI is InChI=1S/C9H11N3O2/c10-9(6-1-2-6)8-4-3-7(5-11-8)12(13)14/h3-6,9H,1-2,10H2/t9-/m1/s1. The molecule has 2 rings (SSSR count). The zero-order valence-electron chi connectivity index (χ0n) is 7.59. The Bertz CT molecular complexity index is 346. The van der Waals surface area contributed by atoms with Crippen LogP contribution in [-0.2, 0) is 0 Å². The van der Waals surface area contributed by atoms with Crippen LogP contribution in [0.5, 0.6) is 0 Å². The second kappa shape index (κ2) is 3.34. The molecule has 1 aromatic heterocycles. The van der Waals surface area contributed by atoms with Crippen LogP contribution in [0.25, 0.3) is 0 Å². The van der Waals surface area contributed by atoms with Gasteiger partial charge in [-0.25, -0.2) is 0 Å². The number of hydrogen-bond acceptors (Lipinski definition) is 4. The fraction of sp³-hybridized carbons (Fsp3) is 0.444. The molecular weight excluding hydrogens is 182 g/mol. The number of hydrogen-bond donors (Lipinski definition) is 1. The summed E-state index contributed by atoms with van der Waals surface area (Å²) in [5, 5.41) is 10.4. The number of aromatic nitrogens is 1. The summed E-state index contributed by atoms with van der Waals surface area (Å²) >= 11 is 0. The van der Waals surface area contributed by atoms with Crippen LogP contribution < -0.4 is 5.73 Å². The molecule has 1 saturated carbocycles. The molecule has 14 heavy (non-hydrogen) atoms. The van der Waals surface area contributed by atoms with Crippen molar-refractivity contribution in [1.29, 1.82) is 0 Å². The first-order valence-corrected chi connectivity index (χ1v) is 4.54. The Labute approximate surface area is 81.1 Å². The van der Waals surface area contributed by atoms with Gasteiger partial charge in [-0.2, -0.15) is 0 Å². The monoisotopic (exact) mass is 193 g/mol. The third-order valence-corrected chi connectivity index (χ3v) is 2.45. The molecule has 0 amide bonds. The van der Waals surface area contributed by atoms with E-state index in [0.717, 1.165) is 18.5 Å². The Morgan fingerprint density at radius 3 is 2.71 bits per heavy atom. The van der Waals surface area contributed by atoms with Crippen LogP contribution in [0.4, 0.5) is 5.69 Å². The van der Waals surface area contributed by atoms with Gasteiger partial charge in [-0.1, -0.05) is 0 Å². The summed E-state index contributed by atoms with van der Waals surface area (Å²) in [6.45, 7) is 0. The third kappa shape index (κ3) is 1.72. The highest BCUT2D eigenvalue weighted by atomic mass is 16.6. The second-order valence-corrected chi connectivity index (χ2v) is 3.56. The maximum Gasteiger partial charge on any atom is 0.287 e. The van der Waals surface area contributed by atoms with E-state index < -0.39 is 4.92 Å². The van der Waals surface area contributed by atoms with Crippen LogP contribution in [0.15, 0.2) is 18.3 Å². The van der Waals surface area contributed by atoms with Gasteiger partial charge < -0.3 is 5.73 Å². The Morgan fingerprint density at radius 2 is 2.29 bits per heavy atom. The summed E-state index contributed by atoms with van der Waals surface area (Å²) in [6.07, 6.45) is 3.54. The van der Waals surface area contributed by atoms with Crippen molar-refractivity contribution >= 4 is 5.69 Å². The summed E-state index contributed by atoms with van der Waals surface area (Å²) < 4.78 is 0. The quantitative estimate of drug-likeness (QED) is 0.581. The van der Waals surface area contributed by atoms with E-state index in [4.69, 9.17) is 5.73 Å². The molecule has 1 aliphatic rings. The van der Waals surface area contributed by atoms with Crippen molar-refractivity contribution in [2.75, 3.05) is 0 Å². The number of nitro groups is 1. The summed E-state index contributed by atoms with van der Waals surface area (Å²) in [5.41, 5.74) is 6.65. The summed E-state index contributed by atoms with van der Waals surface area (Å²) in [5.74, 6) is 0.518. The van der Waals surface area contributed by atoms with Gasteiger partial charge in [0.25, 0.3) is 5.69 Å². The molecule has 0 saturated heterocycles. The van der Waals surface area contributed by atoms with Gasteiger partial charge in [-0.05, 0) is 24.8 Å². The molecule has 0 aromatic carbocycles. The Morgan fingerprint density at radius 1 is 1.57 bits per heavy atom. The Balaban J connectivity index is 2.16. The Kier molecular flexibility index (Phi) is 2.17. The molecule has 5 nitrogen and oxygen atoms in total. The first-order chi connectivity index (χ1) is 6.68. The lowest BCUT2D eigenvalue weighted by Crippen LogP contribution is -2.13. The number of nitrogens with zero attached hydrogens (tertiary/aromatic N) is 2. The first-order valence-electron chi connectivity index (χ1n) is 4.54. The molecule has 0 bridgehead atoms. The highest BCUT2D eigenvalue weighted by Gasteiger charge is 2.30. The molecule has 0 radical (unpaired) electrons. The lowest BCUT2D eigenvalue weighted by molar-refractivity contribution is -0.385. The van der Waals surface area contributed by atoms with Crippen LogP contribution in [0.1, 0.15) is 24.6 Å². The van der Waals surface area contributed by atoms with E-state index in [1.807, 2.05) is 0 Å². The zero-order valence-corrected chi connectivity index (χ0v) is 7.59. The molecule has 74 valence electrons. The molecule has 1 aliphatic carbocycles. The first kappa shape index (κ1) is 9.08. The van der Waals surface area contributed by atoms with E-state index in [0.29, 0.717) is 5.92 Å². The van der Waals surface area contributed by atoms with Crippen molar-refractivity contribution < 1.29 is 4.92 Å². The van der Waals surface area contributed by atoms with Gasteiger partial charge in [-0.15, -0.1) is 0 Å². The molecule has 1 aromatic rings. The maximum absolute atomic E-state index is 10.4. The average Bonchev–Trinajstić information content (AvgIpc) is 3.00. The highest BCUT2D eigenvalue weighted by Crippen LogP contribution is 2.38. The molecule has 1 heterocycles. The highest BCUT2D eigenvalue weighted by molar-refractivity contribution is 5.28. The smallest absolute Gasteiger partial charge is 0.287 e. The van der Waals surface area contributed by atoms with Gasteiger partial charge in [0.1, 0.15) is 6.20 Å². The number of nitrogens with two attached hydrogens (primary N) is 1. The van der Waals surface area contributed by atoms with Gasteiger partial charge >= 0.3 is 0 Å². The molecule has 2 N–H and O–H groups in total. The minimum atomic E-state index is -0.459. The molecule has 1 fully saturated rings. The average molecular weight is 193 g/mol. The third-order valence-electron chi connectivity index (χ3n) is 2.45. The Hall–Kier alpha value is -1.49. The molecule has 0 aliphatic heterocycles. The second-order valence-electron chi connectivity index (χ2n) is 3.56. The largest absolute Gasteiger partial charge is 0.322 e. The number of rotatable bonds is 3. The van der Waals surface area contributed by atoms with Crippen molar-refractivity contribution in [2.45, 2.75) is 18.9 Å². The lowest BCUT2D eigenvalue weighted by Gasteiger charge is -2.07. The van der Waals surface area contributed by atoms with Gasteiger partial charge in [0.15, 0.2) is 0 Å². The minimum Gasteiger partial charge on any atom is -0.322 e. The van der Waals surface area contributed by atoms with E-state index in [-0.39, 0.29) is 11.7 Å². The summed E-state index contributed by atoms with van der Waals surface area (Å²) in [7, 11) is 0. The zero-order chi connectivity index (χ0) is 10.1. The van der Waals surface area contributed by atoms with Crippen LogP contribution in [0.3, 0.4) is 0 Å². The fourth-order valence-corrected chi connectivity index (χ4v) is 1.40. The molecule has 5 heteroatoms. The van der Waals surface area contributed by atoms with Crippen molar-refractivity contribution in [1.82, 2.24) is 4.98 Å². The fourth-order valence-electron chi connectivity index (χ4n) is 1.40. The van der Waals surface area contributed by atoms with E-state index in [2.05, 4.69) is 4.98 Å².